The van der Waals surface area contributed by atoms with Crippen molar-refractivity contribution in [1.29, 1.82) is 0 Å². The number of benzene rings is 1. The number of sulfone groups is 1. The monoisotopic (exact) mass is 300 g/mol. The van der Waals surface area contributed by atoms with E-state index >= 15 is 0 Å². The van der Waals surface area contributed by atoms with Crippen LogP contribution in [0.5, 0.6) is 0 Å². The normalized spacial score (nSPS) is 25.8. The van der Waals surface area contributed by atoms with Crippen LogP contribution >= 0.6 is 11.3 Å². The molecule has 0 bridgehead atoms. The number of aromatic nitrogens is 1. The van der Waals surface area contributed by atoms with Gasteiger partial charge in [0.05, 0.1) is 27.3 Å². The molecule has 1 unspecified atom stereocenters. The summed E-state index contributed by atoms with van der Waals surface area (Å²) in [4.78, 5) is 4.30. The number of fused-ring (bicyclic) bond motifs is 1. The standard InChI is InChI=1S/C12H13FN2O2S2/c1-12(4-5-19(16,17)7-12)15-11-14-9-6-8(13)2-3-10(9)18-11/h2-3,6H,4-5,7H2,1H3,(H,14,15). The average Bonchev–Trinajstić information content (AvgIpc) is 2.78. The van der Waals surface area contributed by atoms with Crippen LogP contribution in [0, 0.1) is 5.82 Å². The Morgan fingerprint density at radius 2 is 2.26 bits per heavy atom. The summed E-state index contributed by atoms with van der Waals surface area (Å²) < 4.78 is 37.1. The molecule has 2 aromatic rings. The molecule has 1 aromatic heterocycles. The molecule has 0 radical (unpaired) electrons. The third kappa shape index (κ3) is 2.57. The van der Waals surface area contributed by atoms with Crippen molar-refractivity contribution in [2.75, 3.05) is 16.8 Å². The zero-order valence-electron chi connectivity index (χ0n) is 10.3. The second-order valence-electron chi connectivity index (χ2n) is 5.16. The molecule has 1 aliphatic heterocycles. The Morgan fingerprint density at radius 3 is 2.95 bits per heavy atom. The van der Waals surface area contributed by atoms with E-state index in [0.717, 1.165) is 4.70 Å². The quantitative estimate of drug-likeness (QED) is 0.925. The number of nitrogens with one attached hydrogen (secondary N) is 1. The van der Waals surface area contributed by atoms with Crippen molar-refractivity contribution in [2.24, 2.45) is 0 Å². The van der Waals surface area contributed by atoms with Crippen LogP contribution in [0.3, 0.4) is 0 Å². The maximum Gasteiger partial charge on any atom is 0.184 e. The first kappa shape index (κ1) is 12.8. The summed E-state index contributed by atoms with van der Waals surface area (Å²) in [5, 5.41) is 3.83. The molecule has 0 spiro atoms. The summed E-state index contributed by atoms with van der Waals surface area (Å²) in [7, 11) is -2.96. The van der Waals surface area contributed by atoms with Crippen molar-refractivity contribution in [3.63, 3.8) is 0 Å². The summed E-state index contributed by atoms with van der Waals surface area (Å²) in [6, 6.07) is 4.46. The number of hydrogen-bond acceptors (Lipinski definition) is 5. The molecular formula is C12H13FN2O2S2. The number of hydrogen-bond donors (Lipinski definition) is 1. The molecule has 2 heterocycles. The van der Waals surface area contributed by atoms with E-state index in [4.69, 9.17) is 0 Å². The van der Waals surface area contributed by atoms with Crippen molar-refractivity contribution in [2.45, 2.75) is 18.9 Å². The van der Waals surface area contributed by atoms with Gasteiger partial charge in [-0.05, 0) is 25.5 Å². The predicted octanol–water partition coefficient (Wildman–Crippen LogP) is 2.42. The van der Waals surface area contributed by atoms with Gasteiger partial charge >= 0.3 is 0 Å². The van der Waals surface area contributed by atoms with E-state index in [9.17, 15) is 12.8 Å². The number of thiazole rings is 1. The molecule has 0 saturated carbocycles. The zero-order chi connectivity index (χ0) is 13.7. The third-order valence-electron chi connectivity index (χ3n) is 3.26. The Hall–Kier alpha value is -1.21. The highest BCUT2D eigenvalue weighted by molar-refractivity contribution is 7.91. The maximum atomic E-state index is 13.1. The molecule has 3 rings (SSSR count). The third-order valence-corrected chi connectivity index (χ3v) is 6.12. The van der Waals surface area contributed by atoms with Crippen molar-refractivity contribution in [3.05, 3.63) is 24.0 Å². The summed E-state index contributed by atoms with van der Waals surface area (Å²) in [6.45, 7) is 1.88. The molecule has 1 aromatic carbocycles. The molecule has 19 heavy (non-hydrogen) atoms. The summed E-state index contributed by atoms with van der Waals surface area (Å²) in [5.41, 5.74) is 0.114. The highest BCUT2D eigenvalue weighted by atomic mass is 32.2. The van der Waals surface area contributed by atoms with Crippen LogP contribution in [0.25, 0.3) is 10.2 Å². The summed E-state index contributed by atoms with van der Waals surface area (Å²) >= 11 is 1.41. The fourth-order valence-electron chi connectivity index (χ4n) is 2.32. The number of anilines is 1. The van der Waals surface area contributed by atoms with E-state index in [0.29, 0.717) is 17.1 Å². The molecule has 0 amide bonds. The van der Waals surface area contributed by atoms with Crippen molar-refractivity contribution >= 4 is 36.5 Å². The zero-order valence-corrected chi connectivity index (χ0v) is 11.9. The lowest BCUT2D eigenvalue weighted by molar-refractivity contribution is 0.574. The number of rotatable bonds is 2. The minimum Gasteiger partial charge on any atom is -0.355 e. The molecule has 7 heteroatoms. The Morgan fingerprint density at radius 1 is 1.47 bits per heavy atom. The highest BCUT2D eigenvalue weighted by Crippen LogP contribution is 2.32. The summed E-state index contributed by atoms with van der Waals surface area (Å²) in [6.07, 6.45) is 0.569. The van der Waals surface area contributed by atoms with Crippen molar-refractivity contribution in [3.8, 4) is 0 Å². The topological polar surface area (TPSA) is 59.1 Å². The Balaban J connectivity index is 1.90. The SMILES string of the molecule is CC1(Nc2nc3cc(F)ccc3s2)CCS(=O)(=O)C1. The first-order chi connectivity index (χ1) is 8.85. The van der Waals surface area contributed by atoms with Crippen LogP contribution in [0.15, 0.2) is 18.2 Å². The van der Waals surface area contributed by atoms with E-state index in [1.807, 2.05) is 6.92 Å². The van der Waals surface area contributed by atoms with Gasteiger partial charge < -0.3 is 5.32 Å². The number of nitrogens with zero attached hydrogens (tertiary/aromatic N) is 1. The van der Waals surface area contributed by atoms with Gasteiger partial charge in [0.15, 0.2) is 15.0 Å². The fraction of sp³-hybridized carbons (Fsp3) is 0.417. The Kier molecular flexibility index (Phi) is 2.79. The Bertz CT molecular complexity index is 741. The van der Waals surface area contributed by atoms with Gasteiger partial charge in [0.25, 0.3) is 0 Å². The molecule has 1 N–H and O–H groups in total. The first-order valence-corrected chi connectivity index (χ1v) is 8.54. The van der Waals surface area contributed by atoms with Gasteiger partial charge in [-0.25, -0.2) is 17.8 Å². The molecular weight excluding hydrogens is 287 g/mol. The van der Waals surface area contributed by atoms with E-state index in [2.05, 4.69) is 10.3 Å². The molecule has 1 aliphatic rings. The lowest BCUT2D eigenvalue weighted by Gasteiger charge is -2.23. The predicted molar refractivity (Wildman–Crippen MR) is 74.9 cm³/mol. The van der Waals surface area contributed by atoms with E-state index in [-0.39, 0.29) is 17.3 Å². The molecule has 4 nitrogen and oxygen atoms in total. The molecule has 1 saturated heterocycles. The maximum absolute atomic E-state index is 13.1. The van der Waals surface area contributed by atoms with Gasteiger partial charge in [0, 0.05) is 6.07 Å². The fourth-order valence-corrected chi connectivity index (χ4v) is 5.41. The second kappa shape index (κ2) is 4.14. The van der Waals surface area contributed by atoms with E-state index < -0.39 is 15.4 Å². The molecule has 1 fully saturated rings. The van der Waals surface area contributed by atoms with Crippen molar-refractivity contribution in [1.82, 2.24) is 4.98 Å². The molecule has 1 atom stereocenters. The van der Waals surface area contributed by atoms with Gasteiger partial charge in [0.2, 0.25) is 0 Å². The van der Waals surface area contributed by atoms with Crippen LogP contribution in [0.1, 0.15) is 13.3 Å². The largest absolute Gasteiger partial charge is 0.355 e. The minimum atomic E-state index is -2.96. The van der Waals surface area contributed by atoms with Crippen LogP contribution < -0.4 is 5.32 Å². The average molecular weight is 300 g/mol. The molecule has 0 aliphatic carbocycles. The second-order valence-corrected chi connectivity index (χ2v) is 8.37. The van der Waals surface area contributed by atoms with Crippen LogP contribution in [0.4, 0.5) is 9.52 Å². The summed E-state index contributed by atoms with van der Waals surface area (Å²) in [5.74, 6) is -0.000613. The van der Waals surface area contributed by atoms with Crippen LogP contribution in [-0.2, 0) is 9.84 Å². The molecule has 102 valence electrons. The van der Waals surface area contributed by atoms with Gasteiger partial charge in [0.1, 0.15) is 5.82 Å². The van der Waals surface area contributed by atoms with E-state index in [1.54, 1.807) is 6.07 Å². The van der Waals surface area contributed by atoms with Gasteiger partial charge in [-0.3, -0.25) is 0 Å². The van der Waals surface area contributed by atoms with E-state index in [1.165, 1.54) is 23.5 Å². The number of halogens is 1. The lowest BCUT2D eigenvalue weighted by atomic mass is 10.0. The van der Waals surface area contributed by atoms with Crippen LogP contribution in [0.2, 0.25) is 0 Å². The van der Waals surface area contributed by atoms with Gasteiger partial charge in [-0.15, -0.1) is 0 Å². The van der Waals surface area contributed by atoms with Gasteiger partial charge in [-0.2, -0.15) is 0 Å². The van der Waals surface area contributed by atoms with Crippen LogP contribution in [-0.4, -0.2) is 30.4 Å². The highest BCUT2D eigenvalue weighted by Gasteiger charge is 2.38. The smallest absolute Gasteiger partial charge is 0.184 e. The van der Waals surface area contributed by atoms with Crippen molar-refractivity contribution < 1.29 is 12.8 Å². The first-order valence-electron chi connectivity index (χ1n) is 5.90. The minimum absolute atomic E-state index is 0.115. The lowest BCUT2D eigenvalue weighted by Crippen LogP contribution is -2.35. The van der Waals surface area contributed by atoms with Gasteiger partial charge in [-0.1, -0.05) is 11.3 Å². The Labute approximate surface area is 114 Å².